The molecule has 0 saturated carbocycles. The summed E-state index contributed by atoms with van der Waals surface area (Å²) < 4.78 is 89.6. The SMILES string of the molecule is O=S(=O)(c1ccc(F)c(F)c1)N1CCOC12CCN(Cc1ccccc1)CC2(F)F. The van der Waals surface area contributed by atoms with Gasteiger partial charge in [-0.3, -0.25) is 4.90 Å². The Morgan fingerprint density at radius 3 is 2.40 bits per heavy atom. The molecular formula is C20H20F4N2O3S. The molecule has 10 heteroatoms. The number of piperidine rings is 1. The van der Waals surface area contributed by atoms with E-state index in [1.807, 2.05) is 30.3 Å². The smallest absolute Gasteiger partial charge is 0.303 e. The van der Waals surface area contributed by atoms with E-state index in [-0.39, 0.29) is 26.1 Å². The van der Waals surface area contributed by atoms with Gasteiger partial charge in [-0.1, -0.05) is 30.3 Å². The molecule has 30 heavy (non-hydrogen) atoms. The molecular weight excluding hydrogens is 424 g/mol. The van der Waals surface area contributed by atoms with Gasteiger partial charge in [0.25, 0.3) is 0 Å². The van der Waals surface area contributed by atoms with Crippen LogP contribution in [0.3, 0.4) is 0 Å². The van der Waals surface area contributed by atoms with Crippen LogP contribution in [0, 0.1) is 11.6 Å². The Balaban J connectivity index is 1.62. The second kappa shape index (κ2) is 7.60. The summed E-state index contributed by atoms with van der Waals surface area (Å²) in [5, 5.41) is 0. The predicted molar refractivity (Wildman–Crippen MR) is 100 cm³/mol. The Labute approximate surface area is 171 Å². The summed E-state index contributed by atoms with van der Waals surface area (Å²) in [6, 6.07) is 11.1. The number of benzene rings is 2. The third-order valence-corrected chi connectivity index (χ3v) is 7.43. The van der Waals surface area contributed by atoms with Crippen LogP contribution in [0.25, 0.3) is 0 Å². The molecule has 0 aromatic heterocycles. The zero-order valence-corrected chi connectivity index (χ0v) is 16.7. The van der Waals surface area contributed by atoms with Gasteiger partial charge in [0.05, 0.1) is 18.0 Å². The van der Waals surface area contributed by atoms with Gasteiger partial charge in [0.2, 0.25) is 15.7 Å². The van der Waals surface area contributed by atoms with Gasteiger partial charge in [-0.15, -0.1) is 0 Å². The molecule has 2 aromatic rings. The summed E-state index contributed by atoms with van der Waals surface area (Å²) in [6.07, 6.45) is -0.254. The van der Waals surface area contributed by atoms with Crippen molar-refractivity contribution in [3.8, 4) is 0 Å². The zero-order chi connectivity index (χ0) is 21.6. The van der Waals surface area contributed by atoms with Gasteiger partial charge in [0.15, 0.2) is 11.6 Å². The number of rotatable bonds is 4. The van der Waals surface area contributed by atoms with E-state index in [2.05, 4.69) is 0 Å². The summed E-state index contributed by atoms with van der Waals surface area (Å²) in [5.41, 5.74) is -1.49. The van der Waals surface area contributed by atoms with Gasteiger partial charge in [-0.2, -0.15) is 4.31 Å². The molecule has 5 nitrogen and oxygen atoms in total. The van der Waals surface area contributed by atoms with Gasteiger partial charge in [-0.05, 0) is 23.8 Å². The van der Waals surface area contributed by atoms with Crippen molar-refractivity contribution >= 4 is 10.0 Å². The summed E-state index contributed by atoms with van der Waals surface area (Å²) in [4.78, 5) is 0.957. The van der Waals surface area contributed by atoms with Crippen molar-refractivity contribution in [2.75, 3.05) is 26.2 Å². The van der Waals surface area contributed by atoms with Crippen LogP contribution >= 0.6 is 0 Å². The maximum Gasteiger partial charge on any atom is 0.303 e. The number of sulfonamides is 1. The lowest BCUT2D eigenvalue weighted by atomic mass is 9.95. The van der Waals surface area contributed by atoms with Crippen molar-refractivity contribution in [3.05, 3.63) is 65.7 Å². The Bertz CT molecular complexity index is 1040. The number of hydrogen-bond acceptors (Lipinski definition) is 4. The largest absolute Gasteiger partial charge is 0.352 e. The lowest BCUT2D eigenvalue weighted by Gasteiger charge is -2.47. The Kier molecular flexibility index (Phi) is 5.38. The minimum Gasteiger partial charge on any atom is -0.352 e. The summed E-state index contributed by atoms with van der Waals surface area (Å²) in [5.74, 6) is -6.10. The van der Waals surface area contributed by atoms with Crippen LogP contribution in [0.5, 0.6) is 0 Å². The van der Waals surface area contributed by atoms with E-state index in [9.17, 15) is 17.2 Å². The first-order valence-corrected chi connectivity index (χ1v) is 10.9. The number of nitrogens with zero attached hydrogens (tertiary/aromatic N) is 2. The molecule has 2 heterocycles. The number of likely N-dealkylation sites (tertiary alicyclic amines) is 1. The molecule has 2 aliphatic heterocycles. The van der Waals surface area contributed by atoms with Crippen molar-refractivity contribution < 1.29 is 30.7 Å². The minimum atomic E-state index is -4.53. The van der Waals surface area contributed by atoms with Crippen LogP contribution in [-0.2, 0) is 21.3 Å². The van der Waals surface area contributed by atoms with E-state index in [0.717, 1.165) is 11.6 Å². The molecule has 0 aliphatic carbocycles. The molecule has 0 radical (unpaired) electrons. The standard InChI is InChI=1S/C20H20F4N2O3S/c21-17-7-6-16(12-18(17)22)30(27,28)26-10-11-29-20(26)8-9-25(14-19(20,23)24)13-15-4-2-1-3-5-15/h1-7,12H,8-11,13-14H2. The highest BCUT2D eigenvalue weighted by Gasteiger charge is 2.66. The topological polar surface area (TPSA) is 49.9 Å². The highest BCUT2D eigenvalue weighted by atomic mass is 32.2. The molecule has 4 rings (SSSR count). The maximum absolute atomic E-state index is 15.4. The molecule has 2 aliphatic rings. The predicted octanol–water partition coefficient (Wildman–Crippen LogP) is 3.22. The molecule has 2 fully saturated rings. The minimum absolute atomic E-state index is 0.189. The van der Waals surface area contributed by atoms with Gasteiger partial charge in [-0.25, -0.2) is 26.0 Å². The average Bonchev–Trinajstić information content (AvgIpc) is 3.14. The second-order valence-corrected chi connectivity index (χ2v) is 9.30. The van der Waals surface area contributed by atoms with E-state index in [1.165, 1.54) is 0 Å². The van der Waals surface area contributed by atoms with Crippen LogP contribution in [0.2, 0.25) is 0 Å². The van der Waals surface area contributed by atoms with Gasteiger partial charge in [0.1, 0.15) is 0 Å². The molecule has 1 unspecified atom stereocenters. The molecule has 0 amide bonds. The normalized spacial score (nSPS) is 25.1. The van der Waals surface area contributed by atoms with Gasteiger partial charge in [0, 0.05) is 26.1 Å². The Morgan fingerprint density at radius 1 is 1.00 bits per heavy atom. The van der Waals surface area contributed by atoms with Crippen molar-refractivity contribution in [2.45, 2.75) is 29.5 Å². The van der Waals surface area contributed by atoms with Crippen molar-refractivity contribution in [2.24, 2.45) is 0 Å². The molecule has 0 N–H and O–H groups in total. The Hall–Kier alpha value is -2.01. The third kappa shape index (κ3) is 3.51. The number of ether oxygens (including phenoxy) is 1. The average molecular weight is 444 g/mol. The lowest BCUT2D eigenvalue weighted by Crippen LogP contribution is -2.67. The fourth-order valence-corrected chi connectivity index (χ4v) is 5.79. The van der Waals surface area contributed by atoms with Crippen LogP contribution in [0.4, 0.5) is 17.6 Å². The van der Waals surface area contributed by atoms with Gasteiger partial charge >= 0.3 is 5.92 Å². The summed E-state index contributed by atoms with van der Waals surface area (Å²) in [6.45, 7) is -0.713. The fourth-order valence-electron chi connectivity index (χ4n) is 4.07. The first kappa shape index (κ1) is 21.2. The van der Waals surface area contributed by atoms with E-state index in [4.69, 9.17) is 4.74 Å². The molecule has 162 valence electrons. The van der Waals surface area contributed by atoms with Gasteiger partial charge < -0.3 is 4.74 Å². The van der Waals surface area contributed by atoms with E-state index >= 15 is 8.78 Å². The zero-order valence-electron chi connectivity index (χ0n) is 15.9. The van der Waals surface area contributed by atoms with E-state index in [0.29, 0.717) is 23.0 Å². The first-order chi connectivity index (χ1) is 14.2. The molecule has 1 spiro atoms. The quantitative estimate of drug-likeness (QED) is 0.680. The maximum atomic E-state index is 15.4. The fraction of sp³-hybridized carbons (Fsp3) is 0.400. The van der Waals surface area contributed by atoms with Crippen LogP contribution in [0.1, 0.15) is 12.0 Å². The summed E-state index contributed by atoms with van der Waals surface area (Å²) >= 11 is 0. The van der Waals surface area contributed by atoms with Crippen molar-refractivity contribution in [1.29, 1.82) is 0 Å². The highest BCUT2D eigenvalue weighted by Crippen LogP contribution is 2.47. The molecule has 2 aromatic carbocycles. The third-order valence-electron chi connectivity index (χ3n) is 5.53. The molecule has 0 bridgehead atoms. The number of alkyl halides is 2. The van der Waals surface area contributed by atoms with Crippen LogP contribution in [-0.4, -0.2) is 55.5 Å². The van der Waals surface area contributed by atoms with E-state index < -0.39 is 44.7 Å². The number of hydrogen-bond donors (Lipinski definition) is 0. The van der Waals surface area contributed by atoms with E-state index in [1.54, 1.807) is 4.90 Å². The van der Waals surface area contributed by atoms with Crippen LogP contribution < -0.4 is 0 Å². The number of halogens is 4. The van der Waals surface area contributed by atoms with Crippen LogP contribution in [0.15, 0.2) is 53.4 Å². The molecule has 2 saturated heterocycles. The highest BCUT2D eigenvalue weighted by molar-refractivity contribution is 7.89. The van der Waals surface area contributed by atoms with Crippen molar-refractivity contribution in [3.63, 3.8) is 0 Å². The van der Waals surface area contributed by atoms with Crippen molar-refractivity contribution in [1.82, 2.24) is 9.21 Å². The lowest BCUT2D eigenvalue weighted by molar-refractivity contribution is -0.252. The molecule has 1 atom stereocenters. The Morgan fingerprint density at radius 2 is 1.73 bits per heavy atom. The first-order valence-electron chi connectivity index (χ1n) is 9.42. The summed E-state index contributed by atoms with van der Waals surface area (Å²) in [7, 11) is -4.53. The second-order valence-electron chi connectivity index (χ2n) is 7.44. The monoisotopic (exact) mass is 444 g/mol.